The molecule has 1 aromatic carbocycles. The maximum absolute atomic E-state index is 14.6. The van der Waals surface area contributed by atoms with Crippen molar-refractivity contribution >= 4 is 24.2 Å². The Morgan fingerprint density at radius 1 is 1.36 bits per heavy atom. The van der Waals surface area contributed by atoms with Crippen LogP contribution in [0.2, 0.25) is 0 Å². The predicted octanol–water partition coefficient (Wildman–Crippen LogP) is 2.67. The third-order valence-corrected chi connectivity index (χ3v) is 5.08. The van der Waals surface area contributed by atoms with Gasteiger partial charge in [-0.1, -0.05) is 6.58 Å². The summed E-state index contributed by atoms with van der Waals surface area (Å²) in [6.07, 6.45) is 1.74. The number of amides is 1. The molecule has 3 rings (SSSR count). The van der Waals surface area contributed by atoms with Crippen molar-refractivity contribution in [1.82, 2.24) is 9.80 Å². The van der Waals surface area contributed by atoms with Crippen LogP contribution in [0.25, 0.3) is 0 Å². The predicted molar refractivity (Wildman–Crippen MR) is 88.5 cm³/mol. The van der Waals surface area contributed by atoms with Crippen LogP contribution in [-0.4, -0.2) is 41.8 Å². The molecule has 4 nitrogen and oxygen atoms in total. The number of nitrogens with zero attached hydrogens (tertiary/aromatic N) is 3. The van der Waals surface area contributed by atoms with Gasteiger partial charge in [0.25, 0.3) is 5.91 Å². The van der Waals surface area contributed by atoms with Crippen LogP contribution in [-0.2, 0) is 6.54 Å². The second-order valence-electron chi connectivity index (χ2n) is 5.94. The van der Waals surface area contributed by atoms with Crippen LogP contribution in [0.3, 0.4) is 0 Å². The fourth-order valence-electron chi connectivity index (χ4n) is 3.05. The number of halogens is 1. The largest absolute Gasteiger partial charge is 0.350 e. The summed E-state index contributed by atoms with van der Waals surface area (Å²) in [5.41, 5.74) is 2.46. The zero-order valence-electron chi connectivity index (χ0n) is 12.8. The van der Waals surface area contributed by atoms with E-state index in [1.807, 2.05) is 16.8 Å². The van der Waals surface area contributed by atoms with Gasteiger partial charge in [0.15, 0.2) is 0 Å². The maximum atomic E-state index is 14.6. The number of carbonyl (C=O) groups is 1. The van der Waals surface area contributed by atoms with Crippen molar-refractivity contribution in [2.45, 2.75) is 24.9 Å². The van der Waals surface area contributed by atoms with Gasteiger partial charge in [0, 0.05) is 38.4 Å². The highest BCUT2D eigenvalue weighted by atomic mass is 32.1. The van der Waals surface area contributed by atoms with E-state index in [2.05, 4.69) is 19.2 Å². The molecule has 0 aromatic heterocycles. The second kappa shape index (κ2) is 5.50. The number of hydrogen-bond donors (Lipinski definition) is 1. The first kappa shape index (κ1) is 15.2. The lowest BCUT2D eigenvalue weighted by Gasteiger charge is -2.35. The fourth-order valence-corrected chi connectivity index (χ4v) is 3.45. The van der Waals surface area contributed by atoms with Crippen molar-refractivity contribution < 1.29 is 9.18 Å². The van der Waals surface area contributed by atoms with Crippen LogP contribution in [0.1, 0.15) is 28.8 Å². The van der Waals surface area contributed by atoms with Gasteiger partial charge in [0.1, 0.15) is 11.3 Å². The van der Waals surface area contributed by atoms with Gasteiger partial charge >= 0.3 is 0 Å². The molecule has 1 aromatic rings. The second-order valence-corrected chi connectivity index (χ2v) is 6.40. The van der Waals surface area contributed by atoms with E-state index >= 15 is 0 Å². The summed E-state index contributed by atoms with van der Waals surface area (Å²) in [4.78, 5) is 17.6. The van der Waals surface area contributed by atoms with Crippen LogP contribution < -0.4 is 4.90 Å². The van der Waals surface area contributed by atoms with Crippen LogP contribution in [0.4, 0.5) is 10.1 Å². The molecule has 1 unspecified atom stereocenters. The minimum atomic E-state index is -0.304. The Morgan fingerprint density at radius 3 is 2.82 bits per heavy atom. The molecular formula is C16H20FN3OS. The fraction of sp³-hybridized carbons (Fsp3) is 0.438. The molecule has 118 valence electrons. The smallest absolute Gasteiger partial charge is 0.254 e. The lowest BCUT2D eigenvalue weighted by atomic mass is 10.1. The number of rotatable bonds is 1. The van der Waals surface area contributed by atoms with Crippen molar-refractivity contribution in [3.05, 3.63) is 41.4 Å². The summed E-state index contributed by atoms with van der Waals surface area (Å²) in [6, 6.07) is 3.15. The zero-order chi connectivity index (χ0) is 16.0. The number of allylic oxidation sites excluding steroid dienone is 1. The van der Waals surface area contributed by atoms with Crippen LogP contribution in [0, 0.1) is 5.82 Å². The average molecular weight is 321 g/mol. The van der Waals surface area contributed by atoms with Crippen molar-refractivity contribution in [3.63, 3.8) is 0 Å². The van der Waals surface area contributed by atoms with Gasteiger partial charge in [-0.25, -0.2) is 4.39 Å². The van der Waals surface area contributed by atoms with E-state index in [9.17, 15) is 9.18 Å². The number of anilines is 1. The molecular weight excluding hydrogens is 301 g/mol. The van der Waals surface area contributed by atoms with Crippen LogP contribution in [0.5, 0.6) is 0 Å². The van der Waals surface area contributed by atoms with Gasteiger partial charge in [0.2, 0.25) is 0 Å². The molecule has 2 aliphatic rings. The maximum Gasteiger partial charge on any atom is 0.254 e. The van der Waals surface area contributed by atoms with Gasteiger partial charge in [-0.3, -0.25) is 4.79 Å². The van der Waals surface area contributed by atoms with E-state index < -0.39 is 0 Å². The van der Waals surface area contributed by atoms with Crippen molar-refractivity contribution in [1.29, 1.82) is 0 Å². The third-order valence-electron chi connectivity index (χ3n) is 4.46. The summed E-state index contributed by atoms with van der Waals surface area (Å²) in [7, 11) is 3.63. The Hall–Kier alpha value is -1.69. The van der Waals surface area contributed by atoms with E-state index in [1.54, 1.807) is 18.0 Å². The molecule has 1 amide bonds. The Kier molecular flexibility index (Phi) is 3.80. The molecule has 0 radical (unpaired) electrons. The van der Waals surface area contributed by atoms with E-state index in [4.69, 9.17) is 0 Å². The molecule has 1 saturated heterocycles. The van der Waals surface area contributed by atoms with Gasteiger partial charge in [0.05, 0.1) is 5.69 Å². The van der Waals surface area contributed by atoms with Gasteiger partial charge in [-0.2, -0.15) is 0 Å². The Bertz CT molecular complexity index is 649. The first-order valence-corrected chi connectivity index (χ1v) is 7.85. The number of benzene rings is 1. The first-order chi connectivity index (χ1) is 10.4. The van der Waals surface area contributed by atoms with Gasteiger partial charge in [-0.05, 0) is 30.5 Å². The van der Waals surface area contributed by atoms with Crippen molar-refractivity contribution in [2.75, 3.05) is 25.5 Å². The molecule has 2 aliphatic heterocycles. The number of thiol groups is 1. The molecule has 0 N–H and O–H groups in total. The highest BCUT2D eigenvalue weighted by molar-refractivity contribution is 7.81. The van der Waals surface area contributed by atoms with E-state index in [1.165, 1.54) is 6.07 Å². The third kappa shape index (κ3) is 2.35. The summed E-state index contributed by atoms with van der Waals surface area (Å²) < 4.78 is 14.6. The van der Waals surface area contributed by atoms with E-state index in [0.29, 0.717) is 24.3 Å². The summed E-state index contributed by atoms with van der Waals surface area (Å²) in [5.74, 6) is -0.360. The van der Waals surface area contributed by atoms with Crippen LogP contribution in [0.15, 0.2) is 24.4 Å². The molecule has 6 heteroatoms. The molecule has 0 saturated carbocycles. The first-order valence-electron chi connectivity index (χ1n) is 7.33. The van der Waals surface area contributed by atoms with Gasteiger partial charge < -0.3 is 14.7 Å². The lowest BCUT2D eigenvalue weighted by Crippen LogP contribution is -2.41. The normalized spacial score (nSPS) is 22.2. The van der Waals surface area contributed by atoms with Gasteiger partial charge in [-0.15, -0.1) is 12.6 Å². The van der Waals surface area contributed by atoms with E-state index in [0.717, 1.165) is 24.1 Å². The monoisotopic (exact) mass is 321 g/mol. The highest BCUT2D eigenvalue weighted by Gasteiger charge is 2.30. The standard InChI is InChI=1S/C16H20FN3OS/c1-10-5-4-6-20(16(22)19(10)3)14-8-12-11(7-13(14)17)9-18(2)15(12)21/h7-8,16,22H,1,4-6,9H2,2-3H3. The van der Waals surface area contributed by atoms with Crippen molar-refractivity contribution in [3.8, 4) is 0 Å². The molecule has 0 aliphatic carbocycles. The lowest BCUT2D eigenvalue weighted by molar-refractivity contribution is 0.0816. The molecule has 2 heterocycles. The quantitative estimate of drug-likeness (QED) is 0.806. The number of carbonyl (C=O) groups excluding carboxylic acids is 1. The molecule has 1 fully saturated rings. The topological polar surface area (TPSA) is 26.8 Å². The van der Waals surface area contributed by atoms with E-state index in [-0.39, 0.29) is 17.2 Å². The molecule has 1 atom stereocenters. The summed E-state index contributed by atoms with van der Waals surface area (Å²) in [5, 5.41) is 0. The number of hydrogen-bond acceptors (Lipinski definition) is 4. The average Bonchev–Trinajstić information content (AvgIpc) is 2.68. The molecule has 0 spiro atoms. The summed E-state index contributed by atoms with van der Waals surface area (Å²) in [6.45, 7) is 5.17. The zero-order valence-corrected chi connectivity index (χ0v) is 13.7. The van der Waals surface area contributed by atoms with Crippen LogP contribution >= 0.6 is 12.6 Å². The Morgan fingerprint density at radius 2 is 2.09 bits per heavy atom. The highest BCUT2D eigenvalue weighted by Crippen LogP contribution is 2.33. The minimum Gasteiger partial charge on any atom is -0.350 e. The van der Waals surface area contributed by atoms with Crippen molar-refractivity contribution in [2.24, 2.45) is 0 Å². The Balaban J connectivity index is 2.01. The number of fused-ring (bicyclic) bond motifs is 1. The Labute approximate surface area is 135 Å². The summed E-state index contributed by atoms with van der Waals surface area (Å²) >= 11 is 4.61. The molecule has 22 heavy (non-hydrogen) atoms. The minimum absolute atomic E-state index is 0.0560. The molecule has 0 bridgehead atoms. The SMILES string of the molecule is C=C1CCCN(c2cc3c(cc2F)CN(C)C3=O)C(S)N1C.